The number of nitrogens with one attached hydrogen (secondary N) is 2. The highest BCUT2D eigenvalue weighted by Crippen LogP contribution is 2.11. The average molecular weight is 412 g/mol. The topological polar surface area (TPSA) is 73.8 Å². The van der Waals surface area contributed by atoms with Crippen molar-refractivity contribution in [2.75, 3.05) is 19.0 Å². The molecule has 31 heavy (non-hydrogen) atoms. The quantitative estimate of drug-likeness (QED) is 0.353. The molecule has 3 rings (SSSR count). The van der Waals surface area contributed by atoms with E-state index < -0.39 is 5.91 Å². The van der Waals surface area contributed by atoms with Crippen LogP contribution < -0.4 is 15.6 Å². The van der Waals surface area contributed by atoms with Crippen LogP contribution in [0.1, 0.15) is 21.5 Å². The molecule has 3 aromatic carbocycles. The van der Waals surface area contributed by atoms with Crippen LogP contribution >= 0.6 is 0 Å². The second kappa shape index (κ2) is 10.5. The van der Waals surface area contributed by atoms with Gasteiger partial charge in [-0.25, -0.2) is 5.43 Å². The number of nitrogens with zero attached hydrogens (tertiary/aromatic N) is 2. The molecule has 0 aliphatic heterocycles. The van der Waals surface area contributed by atoms with E-state index in [1.165, 1.54) is 0 Å². The summed E-state index contributed by atoms with van der Waals surface area (Å²) in [6, 6.07) is 25.7. The first-order chi connectivity index (χ1) is 15.0. The van der Waals surface area contributed by atoms with Gasteiger partial charge in [-0.1, -0.05) is 60.7 Å². The van der Waals surface area contributed by atoms with Crippen LogP contribution in [0, 0.1) is 0 Å². The summed E-state index contributed by atoms with van der Waals surface area (Å²) in [6.07, 6.45) is 3.16. The molecule has 0 radical (unpaired) electrons. The Bertz CT molecular complexity index is 1070. The van der Waals surface area contributed by atoms with Crippen LogP contribution in [-0.2, 0) is 4.79 Å². The van der Waals surface area contributed by atoms with Gasteiger partial charge in [-0.05, 0) is 41.5 Å². The number of anilines is 1. The molecule has 3 aromatic rings. The zero-order valence-corrected chi connectivity index (χ0v) is 17.4. The van der Waals surface area contributed by atoms with Crippen LogP contribution in [0.4, 0.5) is 5.69 Å². The third-order valence-electron chi connectivity index (χ3n) is 4.43. The number of hydrazone groups is 1. The Hall–Kier alpha value is -4.19. The van der Waals surface area contributed by atoms with Crippen molar-refractivity contribution < 1.29 is 9.59 Å². The maximum absolute atomic E-state index is 12.7. The summed E-state index contributed by atoms with van der Waals surface area (Å²) in [4.78, 5) is 27.3. The van der Waals surface area contributed by atoms with Crippen molar-refractivity contribution in [2.24, 2.45) is 5.10 Å². The van der Waals surface area contributed by atoms with Gasteiger partial charge in [0.05, 0.1) is 6.21 Å². The normalized spacial score (nSPS) is 11.2. The standard InChI is InChI=1S/C25H24N4O2/c1-29(2)22-15-13-20(14-16-22)18-26-28-25(31)23(17-19-9-5-3-6-10-19)27-24(30)21-11-7-4-8-12-21/h3-18H,1-2H3,(H,27,30)(H,28,31)/b23-17+,26-18+. The van der Waals surface area contributed by atoms with Crippen molar-refractivity contribution in [3.8, 4) is 0 Å². The molecule has 0 unspecified atom stereocenters. The fraction of sp³-hybridized carbons (Fsp3) is 0.0800. The molecular formula is C25H24N4O2. The van der Waals surface area contributed by atoms with Gasteiger partial charge < -0.3 is 10.2 Å². The lowest BCUT2D eigenvalue weighted by Crippen LogP contribution is -2.32. The highest BCUT2D eigenvalue weighted by Gasteiger charge is 2.14. The number of hydrogen-bond acceptors (Lipinski definition) is 4. The molecule has 0 saturated carbocycles. The Morgan fingerprint density at radius 3 is 2.03 bits per heavy atom. The van der Waals surface area contributed by atoms with Crippen molar-refractivity contribution in [3.05, 3.63) is 107 Å². The Morgan fingerprint density at radius 1 is 0.806 bits per heavy atom. The van der Waals surface area contributed by atoms with Crippen LogP contribution in [0.3, 0.4) is 0 Å². The van der Waals surface area contributed by atoms with Crippen molar-refractivity contribution in [1.82, 2.24) is 10.7 Å². The molecule has 2 amide bonds. The molecular weight excluding hydrogens is 388 g/mol. The monoisotopic (exact) mass is 412 g/mol. The van der Waals surface area contributed by atoms with Crippen molar-refractivity contribution in [1.29, 1.82) is 0 Å². The number of hydrogen-bond donors (Lipinski definition) is 2. The number of amides is 2. The maximum Gasteiger partial charge on any atom is 0.287 e. The molecule has 0 aliphatic carbocycles. The van der Waals surface area contributed by atoms with Crippen molar-refractivity contribution >= 4 is 29.8 Å². The zero-order chi connectivity index (χ0) is 22.1. The number of rotatable bonds is 7. The highest BCUT2D eigenvalue weighted by atomic mass is 16.2. The lowest BCUT2D eigenvalue weighted by atomic mass is 10.1. The summed E-state index contributed by atoms with van der Waals surface area (Å²) in [7, 11) is 3.93. The van der Waals surface area contributed by atoms with E-state index in [1.807, 2.05) is 79.7 Å². The predicted molar refractivity (Wildman–Crippen MR) is 125 cm³/mol. The molecule has 156 valence electrons. The minimum atomic E-state index is -0.519. The van der Waals surface area contributed by atoms with Gasteiger partial charge in [-0.15, -0.1) is 0 Å². The van der Waals surface area contributed by atoms with E-state index in [2.05, 4.69) is 15.8 Å². The molecule has 0 fully saturated rings. The van der Waals surface area contributed by atoms with Gasteiger partial charge in [-0.3, -0.25) is 9.59 Å². The van der Waals surface area contributed by atoms with Crippen LogP contribution in [0.25, 0.3) is 6.08 Å². The van der Waals surface area contributed by atoms with E-state index >= 15 is 0 Å². The Morgan fingerprint density at radius 2 is 1.42 bits per heavy atom. The number of carbonyl (C=O) groups is 2. The lowest BCUT2D eigenvalue weighted by molar-refractivity contribution is -0.117. The summed E-state index contributed by atoms with van der Waals surface area (Å²) in [5.41, 5.74) is 5.73. The van der Waals surface area contributed by atoms with Gasteiger partial charge in [0.1, 0.15) is 5.70 Å². The third-order valence-corrected chi connectivity index (χ3v) is 4.43. The second-order valence-electron chi connectivity index (χ2n) is 6.97. The van der Waals surface area contributed by atoms with Crippen LogP contribution in [-0.4, -0.2) is 32.1 Å². The number of benzene rings is 3. The minimum Gasteiger partial charge on any atom is -0.378 e. The molecule has 2 N–H and O–H groups in total. The first-order valence-electron chi connectivity index (χ1n) is 9.77. The lowest BCUT2D eigenvalue weighted by Gasteiger charge is -2.11. The Balaban J connectivity index is 1.74. The molecule has 0 saturated heterocycles. The van der Waals surface area contributed by atoms with Crippen molar-refractivity contribution in [2.45, 2.75) is 0 Å². The fourth-order valence-corrected chi connectivity index (χ4v) is 2.74. The van der Waals surface area contributed by atoms with E-state index in [9.17, 15) is 9.59 Å². The molecule has 0 atom stereocenters. The largest absolute Gasteiger partial charge is 0.378 e. The molecule has 0 aliphatic rings. The molecule has 0 spiro atoms. The Kier molecular flexibility index (Phi) is 7.32. The first-order valence-corrected chi connectivity index (χ1v) is 9.77. The molecule has 6 nitrogen and oxygen atoms in total. The van der Waals surface area contributed by atoms with Crippen molar-refractivity contribution in [3.63, 3.8) is 0 Å². The molecule has 6 heteroatoms. The van der Waals surface area contributed by atoms with E-state index in [0.29, 0.717) is 5.56 Å². The summed E-state index contributed by atoms with van der Waals surface area (Å²) >= 11 is 0. The van der Waals surface area contributed by atoms with Gasteiger partial charge >= 0.3 is 0 Å². The summed E-state index contributed by atoms with van der Waals surface area (Å²) < 4.78 is 0. The van der Waals surface area contributed by atoms with E-state index in [4.69, 9.17) is 0 Å². The SMILES string of the molecule is CN(C)c1ccc(/C=N/NC(=O)/C(=C\c2ccccc2)NC(=O)c2ccccc2)cc1. The number of carbonyl (C=O) groups excluding carboxylic acids is 2. The summed E-state index contributed by atoms with van der Waals surface area (Å²) in [6.45, 7) is 0. The van der Waals surface area contributed by atoms with Crippen LogP contribution in [0.2, 0.25) is 0 Å². The third kappa shape index (κ3) is 6.40. The van der Waals surface area contributed by atoms with E-state index in [0.717, 1.165) is 16.8 Å². The fourth-order valence-electron chi connectivity index (χ4n) is 2.74. The smallest absolute Gasteiger partial charge is 0.287 e. The van der Waals surface area contributed by atoms with Gasteiger partial charge in [0.25, 0.3) is 11.8 Å². The predicted octanol–water partition coefficient (Wildman–Crippen LogP) is 3.67. The Labute approximate surface area is 181 Å². The van der Waals surface area contributed by atoms with Gasteiger partial charge in [0, 0.05) is 25.3 Å². The second-order valence-corrected chi connectivity index (χ2v) is 6.97. The summed E-state index contributed by atoms with van der Waals surface area (Å²) in [5.74, 6) is -0.893. The van der Waals surface area contributed by atoms with E-state index in [-0.39, 0.29) is 11.6 Å². The van der Waals surface area contributed by atoms with E-state index in [1.54, 1.807) is 36.6 Å². The van der Waals surface area contributed by atoms with Gasteiger partial charge in [0.15, 0.2) is 0 Å². The maximum atomic E-state index is 12.7. The molecule has 0 bridgehead atoms. The molecule has 0 aromatic heterocycles. The summed E-state index contributed by atoms with van der Waals surface area (Å²) in [5, 5.41) is 6.71. The van der Waals surface area contributed by atoms with Crippen LogP contribution in [0.15, 0.2) is 95.7 Å². The average Bonchev–Trinajstić information content (AvgIpc) is 2.80. The first kappa shape index (κ1) is 21.5. The van der Waals surface area contributed by atoms with Gasteiger partial charge in [0.2, 0.25) is 0 Å². The van der Waals surface area contributed by atoms with Crippen LogP contribution in [0.5, 0.6) is 0 Å². The van der Waals surface area contributed by atoms with Gasteiger partial charge in [-0.2, -0.15) is 5.10 Å². The molecule has 0 heterocycles. The highest BCUT2D eigenvalue weighted by molar-refractivity contribution is 6.05. The zero-order valence-electron chi connectivity index (χ0n) is 17.4. The minimum absolute atomic E-state index is 0.0974.